The number of primary amides is 1. The molecule has 4 nitrogen and oxygen atoms in total. The van der Waals surface area contributed by atoms with Crippen molar-refractivity contribution in [2.24, 2.45) is 5.73 Å². The Morgan fingerprint density at radius 2 is 1.94 bits per heavy atom. The third kappa shape index (κ3) is 3.01. The number of nitrogens with zero attached hydrogens (tertiary/aromatic N) is 1. The van der Waals surface area contributed by atoms with Crippen LogP contribution in [0.1, 0.15) is 15.9 Å². The van der Waals surface area contributed by atoms with E-state index >= 15 is 0 Å². The third-order valence-corrected chi connectivity index (χ3v) is 3.50. The molecule has 1 aromatic carbocycles. The molecule has 5 heteroatoms. The van der Waals surface area contributed by atoms with Gasteiger partial charge in [0, 0.05) is 23.4 Å². The molecule has 18 heavy (non-hydrogen) atoms. The fraction of sp³-hybridized carbons (Fsp3) is 0.0769. The van der Waals surface area contributed by atoms with Crippen LogP contribution >= 0.6 is 11.8 Å². The summed E-state index contributed by atoms with van der Waals surface area (Å²) in [4.78, 5) is 10.9. The zero-order valence-corrected chi connectivity index (χ0v) is 10.4. The van der Waals surface area contributed by atoms with Gasteiger partial charge in [0.05, 0.1) is 0 Å². The van der Waals surface area contributed by atoms with Crippen molar-refractivity contribution in [3.05, 3.63) is 65.0 Å². The molecule has 0 fully saturated rings. The van der Waals surface area contributed by atoms with E-state index in [1.54, 1.807) is 24.3 Å². The third-order valence-electron chi connectivity index (χ3n) is 2.41. The maximum absolute atomic E-state index is 11.4. The van der Waals surface area contributed by atoms with Gasteiger partial charge in [-0.1, -0.05) is 23.9 Å². The van der Waals surface area contributed by atoms with E-state index in [4.69, 9.17) is 5.73 Å². The van der Waals surface area contributed by atoms with E-state index < -0.39 is 5.91 Å². The van der Waals surface area contributed by atoms with Crippen molar-refractivity contribution in [2.45, 2.75) is 10.8 Å². The molecule has 1 aromatic heterocycles. The number of thioether (sulfide) groups is 1. The van der Waals surface area contributed by atoms with Gasteiger partial charge in [-0.2, -0.15) is 4.73 Å². The normalized spacial score (nSPS) is 10.2. The second-order valence-electron chi connectivity index (χ2n) is 3.71. The van der Waals surface area contributed by atoms with Gasteiger partial charge in [-0.25, -0.2) is 0 Å². The van der Waals surface area contributed by atoms with Crippen molar-refractivity contribution in [3.63, 3.8) is 0 Å². The number of rotatable bonds is 4. The lowest BCUT2D eigenvalue weighted by Crippen LogP contribution is -2.27. The van der Waals surface area contributed by atoms with Gasteiger partial charge in [-0.3, -0.25) is 4.79 Å². The highest BCUT2D eigenvalue weighted by Crippen LogP contribution is 2.19. The molecule has 0 radical (unpaired) electrons. The first-order chi connectivity index (χ1) is 8.66. The summed E-state index contributed by atoms with van der Waals surface area (Å²) in [6, 6.07) is 12.3. The fourth-order valence-electron chi connectivity index (χ4n) is 1.45. The quantitative estimate of drug-likeness (QED) is 0.517. The number of carbonyl (C=O) groups excluding carboxylic acids is 1. The average molecular weight is 260 g/mol. The number of pyridine rings is 1. The van der Waals surface area contributed by atoms with Crippen LogP contribution in [0.25, 0.3) is 0 Å². The van der Waals surface area contributed by atoms with E-state index in [-0.39, 0.29) is 0 Å². The molecule has 0 aliphatic carbocycles. The largest absolute Gasteiger partial charge is 0.618 e. The molecule has 0 aliphatic rings. The Morgan fingerprint density at radius 3 is 2.56 bits per heavy atom. The molecule has 0 saturated carbocycles. The summed E-state index contributed by atoms with van der Waals surface area (Å²) in [5.74, 6) is 0.236. The number of hydrogen-bond donors (Lipinski definition) is 1. The number of amides is 1. The fourth-order valence-corrected chi connectivity index (χ4v) is 2.32. The smallest absolute Gasteiger partial charge is 0.251 e. The Bertz CT molecular complexity index is 555. The molecular weight excluding hydrogens is 248 g/mol. The van der Waals surface area contributed by atoms with Gasteiger partial charge in [0.25, 0.3) is 5.03 Å². The lowest BCUT2D eigenvalue weighted by Gasteiger charge is -2.03. The monoisotopic (exact) mass is 260 g/mol. The molecule has 0 aliphatic heterocycles. The van der Waals surface area contributed by atoms with Gasteiger partial charge in [0.2, 0.25) is 5.91 Å². The number of benzene rings is 1. The highest BCUT2D eigenvalue weighted by atomic mass is 32.2. The number of aromatic nitrogens is 1. The first-order valence-corrected chi connectivity index (χ1v) is 6.35. The van der Waals surface area contributed by atoms with Crippen molar-refractivity contribution in [1.29, 1.82) is 0 Å². The average Bonchev–Trinajstić information content (AvgIpc) is 2.38. The molecule has 0 bridgehead atoms. The van der Waals surface area contributed by atoms with Gasteiger partial charge in [-0.05, 0) is 23.8 Å². The van der Waals surface area contributed by atoms with Crippen LogP contribution in [0.2, 0.25) is 0 Å². The van der Waals surface area contributed by atoms with Gasteiger partial charge in [0.1, 0.15) is 0 Å². The summed E-state index contributed by atoms with van der Waals surface area (Å²) >= 11 is 1.45. The van der Waals surface area contributed by atoms with E-state index in [0.29, 0.717) is 16.3 Å². The van der Waals surface area contributed by atoms with E-state index in [0.717, 1.165) is 10.3 Å². The molecule has 1 heterocycles. The minimum atomic E-state index is -0.435. The zero-order valence-electron chi connectivity index (χ0n) is 9.58. The highest BCUT2D eigenvalue weighted by molar-refractivity contribution is 7.98. The van der Waals surface area contributed by atoms with Crippen LogP contribution in [0.15, 0.2) is 53.7 Å². The number of hydrogen-bond acceptors (Lipinski definition) is 3. The maximum atomic E-state index is 11.4. The number of nitrogens with two attached hydrogens (primary N) is 1. The summed E-state index contributed by atoms with van der Waals surface area (Å²) in [7, 11) is 0. The molecule has 0 spiro atoms. The SMILES string of the molecule is NC(=O)c1ccc(CSc2cccc[n+]2[O-])cc1. The predicted octanol–water partition coefficient (Wildman–Crippen LogP) is 1.71. The summed E-state index contributed by atoms with van der Waals surface area (Å²) in [6.07, 6.45) is 1.47. The van der Waals surface area contributed by atoms with Gasteiger partial charge in [-0.15, -0.1) is 0 Å². The Hall–Kier alpha value is -2.01. The molecule has 1 amide bonds. The van der Waals surface area contributed by atoms with Gasteiger partial charge >= 0.3 is 0 Å². The van der Waals surface area contributed by atoms with Crippen LogP contribution in [-0.4, -0.2) is 5.91 Å². The maximum Gasteiger partial charge on any atom is 0.251 e. The summed E-state index contributed by atoms with van der Waals surface area (Å²) in [6.45, 7) is 0. The van der Waals surface area contributed by atoms with Crippen molar-refractivity contribution < 1.29 is 9.52 Å². The minimum Gasteiger partial charge on any atom is -0.618 e. The lowest BCUT2D eigenvalue weighted by molar-refractivity contribution is -0.645. The second kappa shape index (κ2) is 5.55. The van der Waals surface area contributed by atoms with Gasteiger partial charge < -0.3 is 10.9 Å². The summed E-state index contributed by atoms with van der Waals surface area (Å²) in [5, 5.41) is 12.1. The standard InChI is InChI=1S/C13H12N2O2S/c14-13(16)11-6-4-10(5-7-11)9-18-12-3-1-2-8-15(12)17/h1-8H,9H2,(H2,14,16). The molecule has 2 N–H and O–H groups in total. The molecule has 0 atom stereocenters. The summed E-state index contributed by atoms with van der Waals surface area (Å²) < 4.78 is 0.836. The van der Waals surface area contributed by atoms with Gasteiger partial charge in [0.15, 0.2) is 6.20 Å². The first-order valence-electron chi connectivity index (χ1n) is 5.36. The predicted molar refractivity (Wildman–Crippen MR) is 69.9 cm³/mol. The number of carbonyl (C=O) groups is 1. The molecule has 92 valence electrons. The van der Waals surface area contributed by atoms with Crippen molar-refractivity contribution in [1.82, 2.24) is 0 Å². The summed E-state index contributed by atoms with van der Waals surface area (Å²) in [5.41, 5.74) is 6.68. The second-order valence-corrected chi connectivity index (χ2v) is 4.71. The molecule has 2 aromatic rings. The van der Waals surface area contributed by atoms with Crippen molar-refractivity contribution in [3.8, 4) is 0 Å². The van der Waals surface area contributed by atoms with Crippen molar-refractivity contribution in [2.75, 3.05) is 0 Å². The molecular formula is C13H12N2O2S. The van der Waals surface area contributed by atoms with Crippen LogP contribution in [0.5, 0.6) is 0 Å². The van der Waals surface area contributed by atoms with Crippen LogP contribution in [0.3, 0.4) is 0 Å². The Kier molecular flexibility index (Phi) is 3.84. The Labute approximate surface area is 109 Å². The van der Waals surface area contributed by atoms with Crippen LogP contribution in [-0.2, 0) is 5.75 Å². The van der Waals surface area contributed by atoms with Crippen molar-refractivity contribution >= 4 is 17.7 Å². The van der Waals surface area contributed by atoms with E-state index in [2.05, 4.69) is 0 Å². The Balaban J connectivity index is 2.02. The van der Waals surface area contributed by atoms with Crippen LogP contribution in [0, 0.1) is 5.21 Å². The molecule has 0 unspecified atom stereocenters. The molecule has 2 rings (SSSR count). The van der Waals surface area contributed by atoms with E-state index in [1.165, 1.54) is 18.0 Å². The minimum absolute atomic E-state index is 0.435. The van der Waals surface area contributed by atoms with Crippen LogP contribution < -0.4 is 10.5 Å². The Morgan fingerprint density at radius 1 is 1.22 bits per heavy atom. The van der Waals surface area contributed by atoms with Crippen LogP contribution in [0.4, 0.5) is 0 Å². The van der Waals surface area contributed by atoms with E-state index in [9.17, 15) is 10.0 Å². The zero-order chi connectivity index (χ0) is 13.0. The molecule has 0 saturated heterocycles. The topological polar surface area (TPSA) is 70.0 Å². The lowest BCUT2D eigenvalue weighted by atomic mass is 10.1. The first kappa shape index (κ1) is 12.4. The van der Waals surface area contributed by atoms with E-state index in [1.807, 2.05) is 18.2 Å². The highest BCUT2D eigenvalue weighted by Gasteiger charge is 2.05.